The predicted molar refractivity (Wildman–Crippen MR) is 74.8 cm³/mol. The van der Waals surface area contributed by atoms with Crippen LogP contribution >= 0.6 is 0 Å². The van der Waals surface area contributed by atoms with Gasteiger partial charge in [0.2, 0.25) is 0 Å². The van der Waals surface area contributed by atoms with Crippen LogP contribution in [-0.4, -0.2) is 23.8 Å². The van der Waals surface area contributed by atoms with Crippen molar-refractivity contribution < 1.29 is 13.9 Å². The van der Waals surface area contributed by atoms with Gasteiger partial charge in [0, 0.05) is 18.6 Å². The lowest BCUT2D eigenvalue weighted by Gasteiger charge is -2.19. The number of hydrogen-bond acceptors (Lipinski definition) is 3. The Morgan fingerprint density at radius 1 is 1.40 bits per heavy atom. The number of benzene rings is 1. The maximum atomic E-state index is 13.0. The lowest BCUT2D eigenvalue weighted by Crippen LogP contribution is -2.36. The summed E-state index contributed by atoms with van der Waals surface area (Å²) in [7, 11) is 0. The van der Waals surface area contributed by atoms with Crippen LogP contribution in [-0.2, 0) is 11.3 Å². The third-order valence-corrected chi connectivity index (χ3v) is 2.95. The molecule has 1 aromatic rings. The number of rotatable bonds is 4. The molecule has 1 amide bonds. The maximum absolute atomic E-state index is 13.0. The molecule has 0 heterocycles. The van der Waals surface area contributed by atoms with Crippen molar-refractivity contribution in [2.24, 2.45) is 0 Å². The van der Waals surface area contributed by atoms with E-state index in [0.717, 1.165) is 12.0 Å². The second kappa shape index (κ2) is 5.79. The SMILES string of the molecule is CC(C)(C)OC(=O)NC1CC1NCc1cccc(F)c1. The zero-order valence-electron chi connectivity index (χ0n) is 12.1. The number of nitrogens with one attached hydrogen (secondary N) is 2. The van der Waals surface area contributed by atoms with E-state index in [-0.39, 0.29) is 17.9 Å². The molecular formula is C15H21FN2O2. The van der Waals surface area contributed by atoms with E-state index in [1.807, 2.05) is 26.8 Å². The topological polar surface area (TPSA) is 50.4 Å². The van der Waals surface area contributed by atoms with Crippen molar-refractivity contribution in [1.29, 1.82) is 0 Å². The molecule has 2 N–H and O–H groups in total. The molecule has 2 atom stereocenters. The highest BCUT2D eigenvalue weighted by atomic mass is 19.1. The molecule has 2 unspecified atom stereocenters. The summed E-state index contributed by atoms with van der Waals surface area (Å²) in [4.78, 5) is 11.6. The molecule has 0 spiro atoms. The molecule has 0 bridgehead atoms. The second-order valence-electron chi connectivity index (χ2n) is 6.11. The van der Waals surface area contributed by atoms with Gasteiger partial charge in [0.05, 0.1) is 0 Å². The standard InChI is InChI=1S/C15H21FN2O2/c1-15(2,3)20-14(19)18-13-8-12(13)17-9-10-5-4-6-11(16)7-10/h4-7,12-13,17H,8-9H2,1-3H3,(H,18,19). The second-order valence-corrected chi connectivity index (χ2v) is 6.11. The number of alkyl carbamates (subject to hydrolysis) is 1. The summed E-state index contributed by atoms with van der Waals surface area (Å²) in [6.07, 6.45) is 0.478. The van der Waals surface area contributed by atoms with Gasteiger partial charge in [-0.2, -0.15) is 0 Å². The maximum Gasteiger partial charge on any atom is 0.407 e. The van der Waals surface area contributed by atoms with Gasteiger partial charge in [-0.3, -0.25) is 0 Å². The Morgan fingerprint density at radius 3 is 2.80 bits per heavy atom. The monoisotopic (exact) mass is 280 g/mol. The van der Waals surface area contributed by atoms with E-state index in [0.29, 0.717) is 6.54 Å². The molecule has 1 saturated carbocycles. The van der Waals surface area contributed by atoms with Crippen molar-refractivity contribution in [2.45, 2.75) is 51.4 Å². The summed E-state index contributed by atoms with van der Waals surface area (Å²) < 4.78 is 18.2. The highest BCUT2D eigenvalue weighted by Crippen LogP contribution is 2.22. The number of ether oxygens (including phenoxy) is 1. The Hall–Kier alpha value is -1.62. The van der Waals surface area contributed by atoms with E-state index >= 15 is 0 Å². The molecule has 0 aliphatic heterocycles. The summed E-state index contributed by atoms with van der Waals surface area (Å²) in [6.45, 7) is 6.09. The molecule has 0 aromatic heterocycles. The van der Waals surface area contributed by atoms with Crippen LogP contribution in [0.3, 0.4) is 0 Å². The first-order valence-electron chi connectivity index (χ1n) is 6.81. The summed E-state index contributed by atoms with van der Waals surface area (Å²) in [5.74, 6) is -0.233. The number of carbonyl (C=O) groups is 1. The van der Waals surface area contributed by atoms with Gasteiger partial charge >= 0.3 is 6.09 Å². The highest BCUT2D eigenvalue weighted by molar-refractivity contribution is 5.68. The summed E-state index contributed by atoms with van der Waals surface area (Å²) in [5.41, 5.74) is 0.414. The Morgan fingerprint density at radius 2 is 2.15 bits per heavy atom. The number of amides is 1. The first kappa shape index (κ1) is 14.8. The van der Waals surface area contributed by atoms with E-state index in [1.165, 1.54) is 12.1 Å². The zero-order valence-corrected chi connectivity index (χ0v) is 12.1. The van der Waals surface area contributed by atoms with Gasteiger partial charge in [0.1, 0.15) is 11.4 Å². The molecule has 0 saturated heterocycles. The van der Waals surface area contributed by atoms with Crippen LogP contribution in [0.1, 0.15) is 32.8 Å². The third-order valence-electron chi connectivity index (χ3n) is 2.95. The summed E-state index contributed by atoms with van der Waals surface area (Å²) >= 11 is 0. The van der Waals surface area contributed by atoms with Crippen molar-refractivity contribution >= 4 is 6.09 Å². The number of hydrogen-bond donors (Lipinski definition) is 2. The fraction of sp³-hybridized carbons (Fsp3) is 0.533. The fourth-order valence-corrected chi connectivity index (χ4v) is 1.93. The van der Waals surface area contributed by atoms with Gasteiger partial charge in [-0.15, -0.1) is 0 Å². The van der Waals surface area contributed by atoms with Crippen molar-refractivity contribution in [3.05, 3.63) is 35.6 Å². The average Bonchev–Trinajstić information content (AvgIpc) is 3.02. The van der Waals surface area contributed by atoms with Crippen LogP contribution in [0.2, 0.25) is 0 Å². The lowest BCUT2D eigenvalue weighted by molar-refractivity contribution is 0.0522. The molecular weight excluding hydrogens is 259 g/mol. The highest BCUT2D eigenvalue weighted by Gasteiger charge is 2.38. The Labute approximate surface area is 118 Å². The molecule has 1 fully saturated rings. The Kier molecular flexibility index (Phi) is 4.28. The Balaban J connectivity index is 1.69. The molecule has 1 aliphatic carbocycles. The molecule has 1 aliphatic rings. The van der Waals surface area contributed by atoms with Gasteiger partial charge in [0.25, 0.3) is 0 Å². The van der Waals surface area contributed by atoms with Gasteiger partial charge in [0.15, 0.2) is 0 Å². The van der Waals surface area contributed by atoms with Crippen LogP contribution in [0, 0.1) is 5.82 Å². The number of halogens is 1. The van der Waals surface area contributed by atoms with Gasteiger partial charge in [-0.05, 0) is 44.9 Å². The van der Waals surface area contributed by atoms with Crippen LogP contribution in [0.15, 0.2) is 24.3 Å². The van der Waals surface area contributed by atoms with E-state index in [9.17, 15) is 9.18 Å². The minimum atomic E-state index is -0.483. The molecule has 1 aromatic carbocycles. The largest absolute Gasteiger partial charge is 0.444 e. The molecule has 20 heavy (non-hydrogen) atoms. The number of carbonyl (C=O) groups excluding carboxylic acids is 1. The van der Waals surface area contributed by atoms with Crippen molar-refractivity contribution in [3.8, 4) is 0 Å². The van der Waals surface area contributed by atoms with Crippen LogP contribution in [0.4, 0.5) is 9.18 Å². The minimum Gasteiger partial charge on any atom is -0.444 e. The molecule has 5 heteroatoms. The smallest absolute Gasteiger partial charge is 0.407 e. The molecule has 110 valence electrons. The molecule has 0 radical (unpaired) electrons. The zero-order chi connectivity index (χ0) is 14.8. The van der Waals surface area contributed by atoms with E-state index in [4.69, 9.17) is 4.74 Å². The normalized spacial score (nSPS) is 21.4. The first-order chi connectivity index (χ1) is 9.33. The fourth-order valence-electron chi connectivity index (χ4n) is 1.93. The Bertz CT molecular complexity index is 485. The van der Waals surface area contributed by atoms with Gasteiger partial charge in [-0.25, -0.2) is 9.18 Å². The van der Waals surface area contributed by atoms with Crippen molar-refractivity contribution in [1.82, 2.24) is 10.6 Å². The quantitative estimate of drug-likeness (QED) is 0.891. The third kappa shape index (κ3) is 4.81. The van der Waals surface area contributed by atoms with E-state index in [1.54, 1.807) is 6.07 Å². The molecule has 2 rings (SSSR count). The van der Waals surface area contributed by atoms with Gasteiger partial charge in [-0.1, -0.05) is 12.1 Å². The van der Waals surface area contributed by atoms with Crippen molar-refractivity contribution in [2.75, 3.05) is 0 Å². The summed E-state index contributed by atoms with van der Waals surface area (Å²) in [6, 6.07) is 6.81. The predicted octanol–water partition coefficient (Wildman–Crippen LogP) is 2.58. The first-order valence-corrected chi connectivity index (χ1v) is 6.81. The van der Waals surface area contributed by atoms with Crippen LogP contribution in [0.5, 0.6) is 0 Å². The van der Waals surface area contributed by atoms with E-state index < -0.39 is 11.7 Å². The van der Waals surface area contributed by atoms with Crippen molar-refractivity contribution in [3.63, 3.8) is 0 Å². The van der Waals surface area contributed by atoms with Crippen LogP contribution < -0.4 is 10.6 Å². The van der Waals surface area contributed by atoms with Gasteiger partial charge < -0.3 is 15.4 Å². The average molecular weight is 280 g/mol. The lowest BCUT2D eigenvalue weighted by atomic mass is 10.2. The summed E-state index contributed by atoms with van der Waals surface area (Å²) in [5, 5.41) is 6.09. The van der Waals surface area contributed by atoms with Crippen LogP contribution in [0.25, 0.3) is 0 Å². The minimum absolute atomic E-state index is 0.0957. The van der Waals surface area contributed by atoms with E-state index in [2.05, 4.69) is 10.6 Å². The molecule has 4 nitrogen and oxygen atoms in total.